The summed E-state index contributed by atoms with van der Waals surface area (Å²) >= 11 is 0. The lowest BCUT2D eigenvalue weighted by atomic mass is 9.76. The molecule has 1 aliphatic carbocycles. The van der Waals surface area contributed by atoms with Gasteiger partial charge >= 0.3 is 0 Å². The molecule has 1 fully saturated rings. The van der Waals surface area contributed by atoms with Crippen molar-refractivity contribution in [1.29, 1.82) is 5.26 Å². The molecule has 0 spiro atoms. The first kappa shape index (κ1) is 15.4. The summed E-state index contributed by atoms with van der Waals surface area (Å²) in [6, 6.07) is 5.18. The van der Waals surface area contributed by atoms with Crippen LogP contribution in [0, 0.1) is 28.9 Å². The van der Waals surface area contributed by atoms with Gasteiger partial charge < -0.3 is 5.32 Å². The number of nitrogens with zero attached hydrogens (tertiary/aromatic N) is 1. The van der Waals surface area contributed by atoms with Crippen LogP contribution >= 0.6 is 0 Å². The first-order chi connectivity index (χ1) is 9.99. The van der Waals surface area contributed by atoms with E-state index in [1.54, 1.807) is 0 Å². The van der Waals surface area contributed by atoms with E-state index in [-0.39, 0.29) is 5.56 Å². The molecule has 21 heavy (non-hydrogen) atoms. The van der Waals surface area contributed by atoms with Crippen LogP contribution in [0.15, 0.2) is 18.2 Å². The topological polar surface area (TPSA) is 52.9 Å². The van der Waals surface area contributed by atoms with Gasteiger partial charge in [-0.15, -0.1) is 0 Å². The van der Waals surface area contributed by atoms with Crippen molar-refractivity contribution in [1.82, 2.24) is 5.32 Å². The smallest absolute Gasteiger partial charge is 0.252 e. The molecule has 1 aliphatic rings. The summed E-state index contributed by atoms with van der Waals surface area (Å²) in [4.78, 5) is 12.1. The van der Waals surface area contributed by atoms with Crippen molar-refractivity contribution in [2.45, 2.75) is 44.6 Å². The van der Waals surface area contributed by atoms with Crippen LogP contribution in [0.5, 0.6) is 0 Å². The third kappa shape index (κ3) is 3.38. The van der Waals surface area contributed by atoms with Crippen LogP contribution in [-0.2, 0) is 0 Å². The number of halogens is 2. The molecule has 0 unspecified atom stereocenters. The molecule has 1 N–H and O–H groups in total. The average molecular weight is 292 g/mol. The van der Waals surface area contributed by atoms with Crippen molar-refractivity contribution in [3.05, 3.63) is 35.4 Å². The Balaban J connectivity index is 2.10. The van der Waals surface area contributed by atoms with E-state index in [2.05, 4.69) is 18.3 Å². The van der Waals surface area contributed by atoms with E-state index in [0.29, 0.717) is 18.8 Å². The fourth-order valence-electron chi connectivity index (χ4n) is 2.77. The highest BCUT2D eigenvalue weighted by atomic mass is 19.2. The molecule has 0 heterocycles. The second-order valence-electron chi connectivity index (χ2n) is 5.63. The van der Waals surface area contributed by atoms with Crippen molar-refractivity contribution < 1.29 is 13.6 Å². The monoisotopic (exact) mass is 292 g/mol. The van der Waals surface area contributed by atoms with Gasteiger partial charge in [0.1, 0.15) is 5.54 Å². The molecule has 112 valence electrons. The highest BCUT2D eigenvalue weighted by molar-refractivity contribution is 5.95. The van der Waals surface area contributed by atoms with Crippen molar-refractivity contribution >= 4 is 5.91 Å². The molecule has 0 bridgehead atoms. The molecule has 3 nitrogen and oxygen atoms in total. The zero-order valence-corrected chi connectivity index (χ0v) is 12.0. The third-order valence-corrected chi connectivity index (χ3v) is 4.28. The summed E-state index contributed by atoms with van der Waals surface area (Å²) < 4.78 is 26.1. The van der Waals surface area contributed by atoms with Gasteiger partial charge in [-0.2, -0.15) is 5.26 Å². The number of carbonyl (C=O) groups excluding carboxylic acids is 1. The van der Waals surface area contributed by atoms with Gasteiger partial charge in [0.15, 0.2) is 11.6 Å². The van der Waals surface area contributed by atoms with E-state index in [1.807, 2.05) is 0 Å². The van der Waals surface area contributed by atoms with Crippen LogP contribution in [0.2, 0.25) is 0 Å². The molecule has 2 rings (SSSR count). The van der Waals surface area contributed by atoms with E-state index in [4.69, 9.17) is 0 Å². The van der Waals surface area contributed by atoms with Crippen molar-refractivity contribution in [3.8, 4) is 6.07 Å². The molecule has 0 aromatic heterocycles. The first-order valence-electron chi connectivity index (χ1n) is 7.18. The van der Waals surface area contributed by atoms with Crippen LogP contribution in [0.1, 0.15) is 49.4 Å². The number of nitriles is 1. The zero-order valence-electron chi connectivity index (χ0n) is 12.0. The van der Waals surface area contributed by atoms with E-state index in [0.717, 1.165) is 31.4 Å². The van der Waals surface area contributed by atoms with E-state index >= 15 is 0 Å². The zero-order chi connectivity index (χ0) is 15.5. The first-order valence-corrected chi connectivity index (χ1v) is 7.18. The minimum atomic E-state index is -1.07. The van der Waals surface area contributed by atoms with Gasteiger partial charge in [0.05, 0.1) is 6.07 Å². The molecule has 1 saturated carbocycles. The maximum absolute atomic E-state index is 13.2. The second kappa shape index (κ2) is 6.21. The van der Waals surface area contributed by atoms with E-state index in [9.17, 15) is 18.8 Å². The molecular weight excluding hydrogens is 274 g/mol. The van der Waals surface area contributed by atoms with Gasteiger partial charge in [0.2, 0.25) is 0 Å². The Morgan fingerprint density at radius 1 is 1.38 bits per heavy atom. The fraction of sp³-hybridized carbons (Fsp3) is 0.500. The van der Waals surface area contributed by atoms with Gasteiger partial charge in [0.25, 0.3) is 5.91 Å². The van der Waals surface area contributed by atoms with Crippen LogP contribution < -0.4 is 5.32 Å². The number of rotatable bonds is 3. The number of benzene rings is 1. The lowest BCUT2D eigenvalue weighted by Crippen LogP contribution is -2.49. The molecule has 1 aromatic carbocycles. The number of amides is 1. The third-order valence-electron chi connectivity index (χ3n) is 4.28. The Kier molecular flexibility index (Phi) is 4.56. The normalized spacial score (nSPS) is 25.1. The summed E-state index contributed by atoms with van der Waals surface area (Å²) in [7, 11) is 0. The van der Waals surface area contributed by atoms with Gasteiger partial charge in [0, 0.05) is 5.56 Å². The second-order valence-corrected chi connectivity index (χ2v) is 5.63. The van der Waals surface area contributed by atoms with Gasteiger partial charge in [-0.1, -0.05) is 13.3 Å². The summed E-state index contributed by atoms with van der Waals surface area (Å²) in [5, 5.41) is 12.1. The predicted octanol–water partition coefficient (Wildman–Crippen LogP) is 3.56. The summed E-state index contributed by atoms with van der Waals surface area (Å²) in [5.74, 6) is -2.01. The Labute approximate surface area is 123 Å². The summed E-state index contributed by atoms with van der Waals surface area (Å²) in [6.45, 7) is 2.11. The highest BCUT2D eigenvalue weighted by Gasteiger charge is 2.36. The molecule has 1 aromatic rings. The van der Waals surface area contributed by atoms with Crippen molar-refractivity contribution in [3.63, 3.8) is 0 Å². The lowest BCUT2D eigenvalue weighted by molar-refractivity contribution is 0.0890. The fourth-order valence-corrected chi connectivity index (χ4v) is 2.77. The van der Waals surface area contributed by atoms with Gasteiger partial charge in [-0.3, -0.25) is 4.79 Å². The Hall–Kier alpha value is -1.96. The van der Waals surface area contributed by atoms with Crippen LogP contribution in [-0.4, -0.2) is 11.4 Å². The Morgan fingerprint density at radius 3 is 2.57 bits per heavy atom. The maximum Gasteiger partial charge on any atom is 0.252 e. The van der Waals surface area contributed by atoms with E-state index < -0.39 is 23.1 Å². The minimum Gasteiger partial charge on any atom is -0.334 e. The van der Waals surface area contributed by atoms with Crippen LogP contribution in [0.3, 0.4) is 0 Å². The van der Waals surface area contributed by atoms with Crippen molar-refractivity contribution in [2.75, 3.05) is 0 Å². The molecule has 0 saturated heterocycles. The van der Waals surface area contributed by atoms with Gasteiger partial charge in [-0.25, -0.2) is 8.78 Å². The number of hydrogen-bond donors (Lipinski definition) is 1. The van der Waals surface area contributed by atoms with Crippen molar-refractivity contribution in [2.24, 2.45) is 5.92 Å². The summed E-state index contributed by atoms with van der Waals surface area (Å²) in [6.07, 6.45) is 4.04. The lowest BCUT2D eigenvalue weighted by Gasteiger charge is -2.35. The van der Waals surface area contributed by atoms with Crippen LogP contribution in [0.25, 0.3) is 0 Å². The number of nitrogens with one attached hydrogen (secondary N) is 1. The quantitative estimate of drug-likeness (QED) is 0.926. The maximum atomic E-state index is 13.2. The van der Waals surface area contributed by atoms with Gasteiger partial charge in [-0.05, 0) is 49.8 Å². The minimum absolute atomic E-state index is 0.0288. The number of carbonyl (C=O) groups is 1. The SMILES string of the molecule is CCC1CCC(C#N)(NC(=O)c2ccc(F)c(F)c2)CC1. The average Bonchev–Trinajstić information content (AvgIpc) is 2.50. The van der Waals surface area contributed by atoms with E-state index in [1.165, 1.54) is 6.07 Å². The molecule has 1 amide bonds. The van der Waals surface area contributed by atoms with Crippen LogP contribution in [0.4, 0.5) is 8.78 Å². The molecular formula is C16H18F2N2O. The molecule has 0 aliphatic heterocycles. The largest absolute Gasteiger partial charge is 0.334 e. The summed E-state index contributed by atoms with van der Waals surface area (Å²) in [5.41, 5.74) is -0.866. The standard InChI is InChI=1S/C16H18F2N2O/c1-2-11-5-7-16(10-19,8-6-11)20-15(21)12-3-4-13(17)14(18)9-12/h3-4,9,11H,2,5-8H2,1H3,(H,20,21). The Morgan fingerprint density at radius 2 is 2.05 bits per heavy atom. The molecule has 5 heteroatoms. The highest BCUT2D eigenvalue weighted by Crippen LogP contribution is 2.33. The molecule has 0 radical (unpaired) electrons. The number of hydrogen-bond acceptors (Lipinski definition) is 2. The Bertz CT molecular complexity index is 572. The molecule has 0 atom stereocenters. The predicted molar refractivity (Wildman–Crippen MR) is 74.4 cm³/mol.